The molecule has 2 atom stereocenters. The number of hydrogen-bond acceptors (Lipinski definition) is 4. The molecule has 2 N–H and O–H groups in total. The first kappa shape index (κ1) is 13.3. The van der Waals surface area contributed by atoms with Gasteiger partial charge in [0.2, 0.25) is 0 Å². The van der Waals surface area contributed by atoms with Crippen LogP contribution in [0.3, 0.4) is 0 Å². The zero-order chi connectivity index (χ0) is 13.1. The zero-order valence-electron chi connectivity index (χ0n) is 11.6. The molecule has 1 aliphatic heterocycles. The lowest BCUT2D eigenvalue weighted by molar-refractivity contribution is 0.395. The molecule has 0 amide bonds. The van der Waals surface area contributed by atoms with Crippen molar-refractivity contribution < 1.29 is 0 Å². The molecule has 1 saturated heterocycles. The molecule has 100 valence electrons. The maximum Gasteiger partial charge on any atom is 0.128 e. The Morgan fingerprint density at radius 2 is 2.39 bits per heavy atom. The monoisotopic (exact) mass is 248 g/mol. The third-order valence-corrected chi connectivity index (χ3v) is 3.71. The van der Waals surface area contributed by atoms with Gasteiger partial charge in [-0.3, -0.25) is 0 Å². The van der Waals surface area contributed by atoms with Crippen LogP contribution in [0.15, 0.2) is 18.3 Å². The Morgan fingerprint density at radius 3 is 3.00 bits per heavy atom. The van der Waals surface area contributed by atoms with Crippen LogP contribution in [0, 0.1) is 5.92 Å². The molecule has 4 nitrogen and oxygen atoms in total. The second-order valence-electron chi connectivity index (χ2n) is 5.53. The van der Waals surface area contributed by atoms with Crippen LogP contribution in [0.5, 0.6) is 0 Å². The van der Waals surface area contributed by atoms with Crippen LogP contribution in [0.4, 0.5) is 5.82 Å². The van der Waals surface area contributed by atoms with E-state index in [-0.39, 0.29) is 6.04 Å². The van der Waals surface area contributed by atoms with Gasteiger partial charge in [-0.15, -0.1) is 0 Å². The topological polar surface area (TPSA) is 45.4 Å². The van der Waals surface area contributed by atoms with Crippen LogP contribution in [-0.2, 0) is 0 Å². The van der Waals surface area contributed by atoms with E-state index in [4.69, 9.17) is 5.73 Å². The Labute approximate surface area is 110 Å². The first-order chi connectivity index (χ1) is 8.56. The van der Waals surface area contributed by atoms with E-state index < -0.39 is 0 Å². The van der Waals surface area contributed by atoms with Crippen molar-refractivity contribution in [2.24, 2.45) is 11.7 Å². The summed E-state index contributed by atoms with van der Waals surface area (Å²) in [5.41, 5.74) is 7.06. The standard InChI is InChI=1S/C14H24N4/c1-11(15)13-4-6-16-14(8-13)18(3)10-12-5-7-17(2)9-12/h4,6,8,11-12H,5,7,9-10,15H2,1-3H3. The Kier molecular flexibility index (Phi) is 4.19. The molecule has 2 rings (SSSR count). The average molecular weight is 248 g/mol. The Morgan fingerprint density at radius 1 is 1.61 bits per heavy atom. The minimum Gasteiger partial charge on any atom is -0.359 e. The van der Waals surface area contributed by atoms with Crippen LogP contribution >= 0.6 is 0 Å². The van der Waals surface area contributed by atoms with E-state index in [1.54, 1.807) is 0 Å². The summed E-state index contributed by atoms with van der Waals surface area (Å²) < 4.78 is 0. The van der Waals surface area contributed by atoms with E-state index in [9.17, 15) is 0 Å². The fourth-order valence-electron chi connectivity index (χ4n) is 2.58. The molecule has 2 heterocycles. The van der Waals surface area contributed by atoms with Gasteiger partial charge in [-0.05, 0) is 50.6 Å². The Bertz CT molecular complexity index is 391. The fraction of sp³-hybridized carbons (Fsp3) is 0.643. The molecule has 1 fully saturated rings. The first-order valence-electron chi connectivity index (χ1n) is 6.67. The van der Waals surface area contributed by atoms with Crippen molar-refractivity contribution >= 4 is 5.82 Å². The van der Waals surface area contributed by atoms with Crippen molar-refractivity contribution in [1.29, 1.82) is 0 Å². The van der Waals surface area contributed by atoms with Crippen LogP contribution < -0.4 is 10.6 Å². The van der Waals surface area contributed by atoms with Gasteiger partial charge in [-0.1, -0.05) is 0 Å². The SMILES string of the molecule is CC(N)c1ccnc(N(C)CC2CCN(C)C2)c1. The molecule has 0 aromatic carbocycles. The summed E-state index contributed by atoms with van der Waals surface area (Å²) >= 11 is 0. The van der Waals surface area contributed by atoms with Gasteiger partial charge in [0.15, 0.2) is 0 Å². The van der Waals surface area contributed by atoms with Crippen molar-refractivity contribution in [3.63, 3.8) is 0 Å². The second-order valence-corrected chi connectivity index (χ2v) is 5.53. The fourth-order valence-corrected chi connectivity index (χ4v) is 2.58. The lowest BCUT2D eigenvalue weighted by Gasteiger charge is -2.23. The number of anilines is 1. The van der Waals surface area contributed by atoms with E-state index in [0.29, 0.717) is 0 Å². The highest BCUT2D eigenvalue weighted by molar-refractivity contribution is 5.41. The van der Waals surface area contributed by atoms with Gasteiger partial charge in [-0.2, -0.15) is 0 Å². The molecule has 2 unspecified atom stereocenters. The summed E-state index contributed by atoms with van der Waals surface area (Å²) in [7, 11) is 4.31. The molecule has 1 aromatic heterocycles. The highest BCUT2D eigenvalue weighted by Crippen LogP contribution is 2.20. The van der Waals surface area contributed by atoms with Crippen LogP contribution in [0.1, 0.15) is 24.9 Å². The van der Waals surface area contributed by atoms with Gasteiger partial charge in [0.1, 0.15) is 5.82 Å². The predicted octanol–water partition coefficient (Wildman–Crippen LogP) is 1.49. The number of rotatable bonds is 4. The smallest absolute Gasteiger partial charge is 0.128 e. The molecular weight excluding hydrogens is 224 g/mol. The number of likely N-dealkylation sites (tertiary alicyclic amines) is 1. The lowest BCUT2D eigenvalue weighted by atomic mass is 10.1. The summed E-state index contributed by atoms with van der Waals surface area (Å²) in [4.78, 5) is 9.08. The first-order valence-corrected chi connectivity index (χ1v) is 6.67. The summed E-state index contributed by atoms with van der Waals surface area (Å²) in [6, 6.07) is 4.16. The molecule has 0 spiro atoms. The van der Waals surface area contributed by atoms with E-state index in [2.05, 4.69) is 34.9 Å². The van der Waals surface area contributed by atoms with Crippen molar-refractivity contribution in [2.45, 2.75) is 19.4 Å². The summed E-state index contributed by atoms with van der Waals surface area (Å²) in [5.74, 6) is 1.78. The minimum absolute atomic E-state index is 0.0674. The van der Waals surface area contributed by atoms with E-state index in [1.807, 2.05) is 19.2 Å². The van der Waals surface area contributed by atoms with Crippen molar-refractivity contribution in [2.75, 3.05) is 38.6 Å². The molecule has 18 heavy (non-hydrogen) atoms. The molecular formula is C14H24N4. The normalized spacial score (nSPS) is 22.1. The van der Waals surface area contributed by atoms with E-state index in [1.165, 1.54) is 19.5 Å². The van der Waals surface area contributed by atoms with Gasteiger partial charge in [0.05, 0.1) is 0 Å². The lowest BCUT2D eigenvalue weighted by Crippen LogP contribution is -2.28. The number of nitrogens with two attached hydrogens (primary N) is 1. The summed E-state index contributed by atoms with van der Waals surface area (Å²) in [6.07, 6.45) is 3.14. The van der Waals surface area contributed by atoms with Crippen LogP contribution in [-0.4, -0.2) is 43.6 Å². The molecule has 4 heteroatoms. The van der Waals surface area contributed by atoms with Crippen molar-refractivity contribution in [1.82, 2.24) is 9.88 Å². The van der Waals surface area contributed by atoms with Gasteiger partial charge >= 0.3 is 0 Å². The second kappa shape index (κ2) is 5.67. The summed E-state index contributed by atoms with van der Waals surface area (Å²) in [5, 5.41) is 0. The average Bonchev–Trinajstić information content (AvgIpc) is 2.75. The number of hydrogen-bond donors (Lipinski definition) is 1. The summed E-state index contributed by atoms with van der Waals surface area (Å²) in [6.45, 7) is 5.48. The quantitative estimate of drug-likeness (QED) is 0.877. The molecule has 0 aliphatic carbocycles. The maximum atomic E-state index is 5.91. The number of aromatic nitrogens is 1. The Hall–Kier alpha value is -1.13. The van der Waals surface area contributed by atoms with Crippen LogP contribution in [0.2, 0.25) is 0 Å². The van der Waals surface area contributed by atoms with Crippen molar-refractivity contribution in [3.05, 3.63) is 23.9 Å². The highest BCUT2D eigenvalue weighted by atomic mass is 15.2. The molecule has 0 radical (unpaired) electrons. The van der Waals surface area contributed by atoms with Crippen LogP contribution in [0.25, 0.3) is 0 Å². The highest BCUT2D eigenvalue weighted by Gasteiger charge is 2.21. The Balaban J connectivity index is 2.00. The van der Waals surface area contributed by atoms with Gasteiger partial charge in [-0.25, -0.2) is 4.98 Å². The molecule has 0 saturated carbocycles. The zero-order valence-corrected chi connectivity index (χ0v) is 11.6. The van der Waals surface area contributed by atoms with Gasteiger partial charge in [0.25, 0.3) is 0 Å². The van der Waals surface area contributed by atoms with E-state index >= 15 is 0 Å². The largest absolute Gasteiger partial charge is 0.359 e. The predicted molar refractivity (Wildman–Crippen MR) is 75.7 cm³/mol. The van der Waals surface area contributed by atoms with Crippen molar-refractivity contribution in [3.8, 4) is 0 Å². The number of pyridine rings is 1. The van der Waals surface area contributed by atoms with Gasteiger partial charge < -0.3 is 15.5 Å². The molecule has 0 bridgehead atoms. The third-order valence-electron chi connectivity index (χ3n) is 3.71. The molecule has 1 aromatic rings. The minimum atomic E-state index is 0.0674. The maximum absolute atomic E-state index is 5.91. The van der Waals surface area contributed by atoms with Gasteiger partial charge in [0, 0.05) is 32.4 Å². The molecule has 1 aliphatic rings. The van der Waals surface area contributed by atoms with E-state index in [0.717, 1.165) is 23.8 Å². The number of nitrogens with zero attached hydrogens (tertiary/aromatic N) is 3. The third kappa shape index (κ3) is 3.21.